The zero-order chi connectivity index (χ0) is 27.6. The summed E-state index contributed by atoms with van der Waals surface area (Å²) in [7, 11) is -4.25. The van der Waals surface area contributed by atoms with Crippen molar-refractivity contribution in [2.75, 3.05) is 6.61 Å². The first-order valence-electron chi connectivity index (χ1n) is 12.1. The molecule has 1 aromatic rings. The summed E-state index contributed by atoms with van der Waals surface area (Å²) in [5.41, 5.74) is -2.22. The maximum Gasteiger partial charge on any atom is 0.472 e. The Hall–Kier alpha value is -2.13. The molecule has 3 atom stereocenters. The van der Waals surface area contributed by atoms with E-state index in [4.69, 9.17) is 20.2 Å². The van der Waals surface area contributed by atoms with Crippen molar-refractivity contribution < 1.29 is 23.2 Å². The number of phosphoric ester groups is 1. The minimum Gasteiger partial charge on any atom is -0.372 e. The number of rotatable bonds is 12. The number of aryl methyl sites for hydroxylation is 1. The van der Waals surface area contributed by atoms with Crippen LogP contribution in [0.3, 0.4) is 0 Å². The van der Waals surface area contributed by atoms with Gasteiger partial charge in [0.2, 0.25) is 0 Å². The molecule has 9 nitrogen and oxygen atoms in total. The lowest BCUT2D eigenvalue weighted by Gasteiger charge is -2.32. The minimum absolute atomic E-state index is 0.0818. The first-order chi connectivity index (χ1) is 16.5. The molecule has 0 aliphatic carbocycles. The average molecular weight is 525 g/mol. The molecule has 202 valence electrons. The third-order valence-electron chi connectivity index (χ3n) is 4.79. The number of hydrogen-bond acceptors (Lipinski definition) is 6. The minimum atomic E-state index is -4.25. The van der Waals surface area contributed by atoms with E-state index in [1.54, 1.807) is 20.8 Å². The second kappa shape index (κ2) is 14.0. The van der Waals surface area contributed by atoms with Gasteiger partial charge in [0.15, 0.2) is 0 Å². The number of nitrogens with zero attached hydrogens (tertiary/aromatic N) is 1. The molecule has 1 heterocycles. The predicted molar refractivity (Wildman–Crippen MR) is 141 cm³/mol. The first kappa shape index (κ1) is 31.9. The molecule has 0 saturated heterocycles. The van der Waals surface area contributed by atoms with Crippen LogP contribution >= 0.6 is 7.82 Å². The molecule has 0 fully saturated rings. The quantitative estimate of drug-likeness (QED) is 0.239. The Morgan fingerprint density at radius 2 is 1.78 bits per heavy atom. The zero-order valence-electron chi connectivity index (χ0n) is 22.6. The summed E-state index contributed by atoms with van der Waals surface area (Å²) in [6.45, 7) is 12.7. The molecule has 36 heavy (non-hydrogen) atoms. The number of hydrogen-bond donors (Lipinski definition) is 2. The summed E-state index contributed by atoms with van der Waals surface area (Å²) < 4.78 is 30.2. The lowest BCUT2D eigenvalue weighted by molar-refractivity contribution is -0.0943. The van der Waals surface area contributed by atoms with Crippen molar-refractivity contribution >= 4 is 7.82 Å². The molecule has 0 amide bonds. The Morgan fingerprint density at radius 3 is 2.36 bits per heavy atom. The SMILES string of the molecule is C#CCCCCC#Cc1cn(CCC(OC(C)(C)C)C(C)COP(=O)(O)OC(C)(C)C)c(=O)[nH]c1=O. The van der Waals surface area contributed by atoms with E-state index in [1.165, 1.54) is 10.8 Å². The smallest absolute Gasteiger partial charge is 0.372 e. The fourth-order valence-electron chi connectivity index (χ4n) is 3.23. The van der Waals surface area contributed by atoms with Crippen LogP contribution in [0.15, 0.2) is 15.8 Å². The van der Waals surface area contributed by atoms with Crippen molar-refractivity contribution in [3.05, 3.63) is 32.6 Å². The average Bonchev–Trinajstić information content (AvgIpc) is 2.71. The van der Waals surface area contributed by atoms with Crippen molar-refractivity contribution in [3.8, 4) is 24.2 Å². The molecular weight excluding hydrogens is 483 g/mol. The fraction of sp³-hybridized carbons (Fsp3) is 0.692. The Labute approximate surface area is 214 Å². The van der Waals surface area contributed by atoms with Crippen LogP contribution in [0, 0.1) is 30.1 Å². The third-order valence-corrected chi connectivity index (χ3v) is 6.04. The van der Waals surface area contributed by atoms with Crippen molar-refractivity contribution in [1.82, 2.24) is 9.55 Å². The molecule has 0 aromatic carbocycles. The van der Waals surface area contributed by atoms with Crippen molar-refractivity contribution in [2.24, 2.45) is 5.92 Å². The van der Waals surface area contributed by atoms with Gasteiger partial charge in [0.05, 0.1) is 23.9 Å². The fourth-order valence-corrected chi connectivity index (χ4v) is 4.40. The van der Waals surface area contributed by atoms with Gasteiger partial charge in [-0.1, -0.05) is 18.8 Å². The summed E-state index contributed by atoms with van der Waals surface area (Å²) >= 11 is 0. The van der Waals surface area contributed by atoms with Crippen molar-refractivity contribution in [3.63, 3.8) is 0 Å². The molecule has 0 aliphatic rings. The summed E-state index contributed by atoms with van der Waals surface area (Å²) in [4.78, 5) is 36.9. The van der Waals surface area contributed by atoms with Crippen LogP contribution in [0.1, 0.15) is 86.1 Å². The van der Waals surface area contributed by atoms with Gasteiger partial charge in [-0.05, 0) is 60.8 Å². The van der Waals surface area contributed by atoms with Crippen LogP contribution in [-0.2, 0) is 24.9 Å². The largest absolute Gasteiger partial charge is 0.472 e. The molecule has 0 spiro atoms. The van der Waals surface area contributed by atoms with Crippen LogP contribution in [0.25, 0.3) is 0 Å². The predicted octanol–water partition coefficient (Wildman–Crippen LogP) is 4.22. The normalized spacial score (nSPS) is 15.3. The zero-order valence-corrected chi connectivity index (χ0v) is 23.4. The van der Waals surface area contributed by atoms with Gasteiger partial charge in [0.1, 0.15) is 5.56 Å². The van der Waals surface area contributed by atoms with Crippen LogP contribution < -0.4 is 11.2 Å². The molecule has 3 unspecified atom stereocenters. The van der Waals surface area contributed by atoms with Gasteiger partial charge in [-0.15, -0.1) is 12.3 Å². The van der Waals surface area contributed by atoms with Crippen LogP contribution in [-0.4, -0.2) is 38.4 Å². The van der Waals surface area contributed by atoms with Gasteiger partial charge in [-0.3, -0.25) is 23.4 Å². The maximum absolute atomic E-state index is 12.4. The third kappa shape index (κ3) is 13.3. The van der Waals surface area contributed by atoms with E-state index >= 15 is 0 Å². The monoisotopic (exact) mass is 524 g/mol. The van der Waals surface area contributed by atoms with Crippen LogP contribution in [0.2, 0.25) is 0 Å². The van der Waals surface area contributed by atoms with Gasteiger partial charge >= 0.3 is 13.5 Å². The molecular formula is C26H41N2O7P. The lowest BCUT2D eigenvalue weighted by atomic mass is 10.0. The van der Waals surface area contributed by atoms with Gasteiger partial charge in [-0.25, -0.2) is 9.36 Å². The number of nitrogens with one attached hydrogen (secondary N) is 1. The number of aromatic nitrogens is 2. The molecule has 0 saturated carbocycles. The highest BCUT2D eigenvalue weighted by Gasteiger charge is 2.31. The van der Waals surface area contributed by atoms with Gasteiger partial charge in [-0.2, -0.15) is 0 Å². The summed E-state index contributed by atoms with van der Waals surface area (Å²) in [5, 5.41) is 0. The van der Waals surface area contributed by atoms with Crippen LogP contribution in [0.4, 0.5) is 0 Å². The van der Waals surface area contributed by atoms with Crippen molar-refractivity contribution in [2.45, 2.75) is 104 Å². The van der Waals surface area contributed by atoms with E-state index in [2.05, 4.69) is 22.7 Å². The summed E-state index contributed by atoms with van der Waals surface area (Å²) in [6, 6.07) is 0. The summed E-state index contributed by atoms with van der Waals surface area (Å²) in [5.74, 6) is 8.06. The molecule has 0 bridgehead atoms. The van der Waals surface area contributed by atoms with Gasteiger partial charge in [0.25, 0.3) is 5.56 Å². The first-order valence-corrected chi connectivity index (χ1v) is 13.6. The lowest BCUT2D eigenvalue weighted by Crippen LogP contribution is -2.37. The molecule has 1 aromatic heterocycles. The highest BCUT2D eigenvalue weighted by Crippen LogP contribution is 2.47. The molecule has 2 N–H and O–H groups in total. The van der Waals surface area contributed by atoms with E-state index in [1.807, 2.05) is 27.7 Å². The van der Waals surface area contributed by atoms with Crippen molar-refractivity contribution in [1.29, 1.82) is 0 Å². The topological polar surface area (TPSA) is 120 Å². The molecule has 0 aliphatic heterocycles. The Kier molecular flexibility index (Phi) is 12.4. The highest BCUT2D eigenvalue weighted by atomic mass is 31.2. The number of terminal acetylenes is 1. The summed E-state index contributed by atoms with van der Waals surface area (Å²) in [6.07, 6.45) is 9.66. The Bertz CT molecular complexity index is 1110. The number of aromatic amines is 1. The number of H-pyrrole nitrogens is 1. The van der Waals surface area contributed by atoms with Gasteiger partial charge < -0.3 is 9.63 Å². The Balaban J connectivity index is 2.95. The van der Waals surface area contributed by atoms with Gasteiger partial charge in [0, 0.05) is 31.5 Å². The van der Waals surface area contributed by atoms with E-state index in [-0.39, 0.29) is 24.6 Å². The highest BCUT2D eigenvalue weighted by molar-refractivity contribution is 7.47. The number of ether oxygens (including phenoxy) is 1. The number of unbranched alkanes of at least 4 members (excludes halogenated alkanes) is 3. The van der Waals surface area contributed by atoms with E-state index < -0.39 is 36.4 Å². The molecule has 1 rings (SSSR count). The molecule has 0 radical (unpaired) electrons. The number of phosphoric acid groups is 1. The second-order valence-corrected chi connectivity index (χ2v) is 12.1. The standard InChI is InChI=1S/C26H41N2O7P/c1-9-10-11-12-13-14-15-21-18-28(24(30)27-23(21)29)17-16-22(34-25(3,4)5)20(2)19-33-36(31,32)35-26(6,7)8/h1,18,20,22H,10-13,16-17,19H2,2-8H3,(H,31,32)(H,27,29,30). The van der Waals surface area contributed by atoms with E-state index in [0.29, 0.717) is 19.3 Å². The maximum atomic E-state index is 12.4. The van der Waals surface area contributed by atoms with E-state index in [9.17, 15) is 19.0 Å². The Morgan fingerprint density at radius 1 is 1.14 bits per heavy atom. The molecule has 10 heteroatoms. The second-order valence-electron chi connectivity index (χ2n) is 10.7. The van der Waals surface area contributed by atoms with Crippen LogP contribution in [0.5, 0.6) is 0 Å². The van der Waals surface area contributed by atoms with E-state index in [0.717, 1.165) is 12.8 Å².